The van der Waals surface area contributed by atoms with Crippen LogP contribution in [0.2, 0.25) is 0 Å². The molecule has 3 aliphatic heterocycles. The van der Waals surface area contributed by atoms with Gasteiger partial charge in [-0.3, -0.25) is 4.90 Å². The van der Waals surface area contributed by atoms with E-state index < -0.39 is 0 Å². The van der Waals surface area contributed by atoms with Gasteiger partial charge in [0.2, 0.25) is 0 Å². The Morgan fingerprint density at radius 1 is 0.938 bits per heavy atom. The first-order valence-corrected chi connectivity index (χ1v) is 11.7. The van der Waals surface area contributed by atoms with Crippen LogP contribution in [0.25, 0.3) is 0 Å². The van der Waals surface area contributed by atoms with Crippen LogP contribution in [0.15, 0.2) is 78.9 Å². The molecule has 6 rings (SSSR count). The highest BCUT2D eigenvalue weighted by Gasteiger charge is 2.46. The third-order valence-corrected chi connectivity index (χ3v) is 7.36. The van der Waals surface area contributed by atoms with Crippen LogP contribution in [0.3, 0.4) is 0 Å². The maximum absolute atomic E-state index is 6.09. The maximum atomic E-state index is 6.09. The van der Waals surface area contributed by atoms with Crippen molar-refractivity contribution in [3.63, 3.8) is 0 Å². The summed E-state index contributed by atoms with van der Waals surface area (Å²) < 4.78 is 5.61. The molecule has 3 aromatic carbocycles. The van der Waals surface area contributed by atoms with E-state index in [1.165, 1.54) is 37.1 Å². The van der Waals surface area contributed by atoms with E-state index in [4.69, 9.17) is 10.5 Å². The van der Waals surface area contributed by atoms with Crippen LogP contribution in [0.1, 0.15) is 35.4 Å². The van der Waals surface area contributed by atoms with Crippen LogP contribution in [-0.2, 0) is 6.54 Å². The van der Waals surface area contributed by atoms with Gasteiger partial charge in [0.15, 0.2) is 0 Å². The number of benzene rings is 3. The molecule has 0 unspecified atom stereocenters. The molecule has 3 N–H and O–H groups in total. The number of nitrogens with zero attached hydrogens (tertiary/aromatic N) is 1. The minimum atomic E-state index is 0.334. The number of nitrogens with one attached hydrogen (secondary N) is 1. The molecule has 3 aliphatic rings. The monoisotopic (exact) mass is 427 g/mol. The fraction of sp³-hybridized carbons (Fsp3) is 0.357. The van der Waals surface area contributed by atoms with Crippen molar-refractivity contribution in [1.29, 1.82) is 0 Å². The molecule has 0 spiro atoms. The molecular weight excluding hydrogens is 394 g/mol. The van der Waals surface area contributed by atoms with E-state index in [1.54, 1.807) is 7.11 Å². The van der Waals surface area contributed by atoms with Gasteiger partial charge < -0.3 is 15.8 Å². The lowest BCUT2D eigenvalue weighted by Crippen LogP contribution is -2.64. The summed E-state index contributed by atoms with van der Waals surface area (Å²) in [6.45, 7) is 3.13. The largest absolute Gasteiger partial charge is 0.496 e. The van der Waals surface area contributed by atoms with Gasteiger partial charge in [-0.2, -0.15) is 0 Å². The molecule has 3 saturated heterocycles. The molecule has 0 aliphatic carbocycles. The summed E-state index contributed by atoms with van der Waals surface area (Å²) in [5.41, 5.74) is 10.8. The number of ether oxygens (including phenoxy) is 1. The summed E-state index contributed by atoms with van der Waals surface area (Å²) >= 11 is 0. The summed E-state index contributed by atoms with van der Waals surface area (Å²) in [4.78, 5) is 2.72. The van der Waals surface area contributed by atoms with Crippen molar-refractivity contribution >= 4 is 5.69 Å². The third kappa shape index (κ3) is 4.13. The first kappa shape index (κ1) is 21.0. The van der Waals surface area contributed by atoms with Gasteiger partial charge in [-0.25, -0.2) is 0 Å². The van der Waals surface area contributed by atoms with Crippen molar-refractivity contribution in [3.8, 4) is 5.75 Å². The van der Waals surface area contributed by atoms with Crippen molar-refractivity contribution < 1.29 is 4.74 Å². The molecule has 3 heterocycles. The zero-order chi connectivity index (χ0) is 21.9. The van der Waals surface area contributed by atoms with Crippen LogP contribution in [0, 0.1) is 5.92 Å². The number of rotatable bonds is 7. The van der Waals surface area contributed by atoms with Crippen molar-refractivity contribution in [1.82, 2.24) is 10.2 Å². The van der Waals surface area contributed by atoms with E-state index in [9.17, 15) is 0 Å². The van der Waals surface area contributed by atoms with Crippen molar-refractivity contribution in [2.24, 2.45) is 5.92 Å². The maximum Gasteiger partial charge on any atom is 0.123 e. The quantitative estimate of drug-likeness (QED) is 0.539. The SMILES string of the molecule is COc1ccc(N)cc1CN[C@@H]1C2CCN(CC2)[C@H]1C(c1ccccc1)c1ccccc1. The molecule has 2 bridgehead atoms. The van der Waals surface area contributed by atoms with Crippen LogP contribution in [0.5, 0.6) is 5.75 Å². The average molecular weight is 428 g/mol. The number of fused-ring (bicyclic) bond motifs is 3. The molecule has 2 atom stereocenters. The summed E-state index contributed by atoms with van der Waals surface area (Å²) in [5, 5.41) is 3.96. The lowest BCUT2D eigenvalue weighted by molar-refractivity contribution is 0.00462. The van der Waals surface area contributed by atoms with Gasteiger partial charge in [0, 0.05) is 35.8 Å². The predicted octanol–water partition coefficient (Wildman–Crippen LogP) is 4.66. The number of hydrogen-bond acceptors (Lipinski definition) is 4. The molecule has 0 radical (unpaired) electrons. The molecule has 4 nitrogen and oxygen atoms in total. The van der Waals surface area contributed by atoms with Crippen LogP contribution in [0.4, 0.5) is 5.69 Å². The van der Waals surface area contributed by atoms with Gasteiger partial charge in [-0.1, -0.05) is 60.7 Å². The Morgan fingerprint density at radius 2 is 1.56 bits per heavy atom. The Bertz CT molecular complexity index is 976. The first-order valence-electron chi connectivity index (χ1n) is 11.7. The third-order valence-electron chi connectivity index (χ3n) is 7.36. The Morgan fingerprint density at radius 3 is 2.16 bits per heavy atom. The van der Waals surface area contributed by atoms with Crippen LogP contribution >= 0.6 is 0 Å². The van der Waals surface area contributed by atoms with Gasteiger partial charge in [-0.15, -0.1) is 0 Å². The number of nitrogens with two attached hydrogens (primary N) is 1. The first-order chi connectivity index (χ1) is 15.7. The molecule has 166 valence electrons. The van der Waals surface area contributed by atoms with E-state index in [2.05, 4.69) is 70.9 Å². The van der Waals surface area contributed by atoms with E-state index >= 15 is 0 Å². The fourth-order valence-electron chi connectivity index (χ4n) is 5.86. The summed E-state index contributed by atoms with van der Waals surface area (Å²) in [7, 11) is 1.73. The second kappa shape index (κ2) is 9.35. The molecule has 0 amide bonds. The highest BCUT2D eigenvalue weighted by Crippen LogP contribution is 2.42. The van der Waals surface area contributed by atoms with E-state index in [1.807, 2.05) is 18.2 Å². The number of hydrogen-bond donors (Lipinski definition) is 2. The van der Waals surface area contributed by atoms with E-state index in [0.29, 0.717) is 23.9 Å². The molecule has 3 fully saturated rings. The molecule has 3 aromatic rings. The van der Waals surface area contributed by atoms with E-state index in [-0.39, 0.29) is 0 Å². The smallest absolute Gasteiger partial charge is 0.123 e. The average Bonchev–Trinajstić information content (AvgIpc) is 2.85. The zero-order valence-corrected chi connectivity index (χ0v) is 18.8. The number of anilines is 1. The number of nitrogen functional groups attached to an aromatic ring is 1. The van der Waals surface area contributed by atoms with Crippen molar-refractivity contribution in [2.75, 3.05) is 25.9 Å². The van der Waals surface area contributed by atoms with Gasteiger partial charge in [0.1, 0.15) is 5.75 Å². The lowest BCUT2D eigenvalue weighted by atomic mass is 9.70. The molecule has 4 heteroatoms. The molecule has 32 heavy (non-hydrogen) atoms. The lowest BCUT2D eigenvalue weighted by Gasteiger charge is -2.54. The van der Waals surface area contributed by atoms with Crippen molar-refractivity contribution in [3.05, 3.63) is 95.6 Å². The standard InChI is InChI=1S/C28H33N3O/c1-32-25-13-12-24(29)18-23(25)19-30-27-22-14-16-31(17-15-22)28(27)26(20-8-4-2-5-9-20)21-10-6-3-7-11-21/h2-13,18,22,26-28,30H,14-17,19,29H2,1H3/t27-,28+/m1/s1. The normalized spacial score (nSPS) is 24.6. The summed E-state index contributed by atoms with van der Waals surface area (Å²) in [5.74, 6) is 1.92. The Kier molecular flexibility index (Phi) is 6.15. The fourth-order valence-corrected chi connectivity index (χ4v) is 5.86. The van der Waals surface area contributed by atoms with Crippen LogP contribution < -0.4 is 15.8 Å². The molecular formula is C28H33N3O. The minimum Gasteiger partial charge on any atom is -0.496 e. The Balaban J connectivity index is 1.49. The highest BCUT2D eigenvalue weighted by molar-refractivity contribution is 5.48. The Hall–Kier alpha value is -2.82. The predicted molar refractivity (Wildman–Crippen MR) is 131 cm³/mol. The van der Waals surface area contributed by atoms with Gasteiger partial charge in [0.05, 0.1) is 7.11 Å². The van der Waals surface area contributed by atoms with Gasteiger partial charge in [0.25, 0.3) is 0 Å². The van der Waals surface area contributed by atoms with E-state index in [0.717, 1.165) is 23.5 Å². The Labute approximate surface area is 191 Å². The minimum absolute atomic E-state index is 0.334. The number of piperidine rings is 3. The second-order valence-electron chi connectivity index (χ2n) is 9.14. The molecule has 0 saturated carbocycles. The summed E-state index contributed by atoms with van der Waals surface area (Å²) in [6, 6.07) is 28.8. The van der Waals surface area contributed by atoms with Crippen LogP contribution in [-0.4, -0.2) is 37.2 Å². The van der Waals surface area contributed by atoms with Gasteiger partial charge >= 0.3 is 0 Å². The topological polar surface area (TPSA) is 50.5 Å². The number of methoxy groups -OCH3 is 1. The van der Waals surface area contributed by atoms with Crippen molar-refractivity contribution in [2.45, 2.75) is 37.4 Å². The molecule has 0 aromatic heterocycles. The van der Waals surface area contributed by atoms with Gasteiger partial charge in [-0.05, 0) is 61.2 Å². The second-order valence-corrected chi connectivity index (χ2v) is 9.14. The summed E-state index contributed by atoms with van der Waals surface area (Å²) in [6.07, 6.45) is 2.52. The zero-order valence-electron chi connectivity index (χ0n) is 18.8. The highest BCUT2D eigenvalue weighted by atomic mass is 16.5.